The van der Waals surface area contributed by atoms with Crippen molar-refractivity contribution in [3.05, 3.63) is 24.3 Å². The lowest BCUT2D eigenvalue weighted by Gasteiger charge is -2.16. The van der Waals surface area contributed by atoms with Gasteiger partial charge < -0.3 is 10.8 Å². The van der Waals surface area contributed by atoms with Gasteiger partial charge in [-0.25, -0.2) is 9.97 Å². The Kier molecular flexibility index (Phi) is 5.56. The van der Waals surface area contributed by atoms with E-state index in [0.29, 0.717) is 0 Å². The van der Waals surface area contributed by atoms with Gasteiger partial charge >= 0.3 is 0 Å². The first-order chi connectivity index (χ1) is 8.09. The minimum absolute atomic E-state index is 0.0308. The third-order valence-electron chi connectivity index (χ3n) is 2.75. The fraction of sp³-hybridized carbons (Fsp3) is 0.583. The standard InChI is InChI=1S/C12H19N3O2/c1-9(10(16)8-11(13)17)4-2-5-12-14-6-3-7-15-12/h3,6-7,9-10,16H,2,4-5,8H2,1H3,(H2,13,17)/t9-,10+/m1/s1. The van der Waals surface area contributed by atoms with Crippen molar-refractivity contribution in [2.45, 2.75) is 38.7 Å². The van der Waals surface area contributed by atoms with Crippen LogP contribution in [0.1, 0.15) is 32.0 Å². The number of aryl methyl sites for hydroxylation is 1. The second-order valence-electron chi connectivity index (χ2n) is 4.27. The van der Waals surface area contributed by atoms with E-state index in [1.807, 2.05) is 6.92 Å². The maximum atomic E-state index is 10.7. The van der Waals surface area contributed by atoms with Crippen molar-refractivity contribution < 1.29 is 9.90 Å². The third kappa shape index (κ3) is 5.40. The molecule has 1 rings (SSSR count). The highest BCUT2D eigenvalue weighted by molar-refractivity contribution is 5.74. The van der Waals surface area contributed by atoms with Crippen LogP contribution < -0.4 is 5.73 Å². The van der Waals surface area contributed by atoms with Crippen LogP contribution in [0.15, 0.2) is 18.5 Å². The Morgan fingerprint density at radius 1 is 1.47 bits per heavy atom. The van der Waals surface area contributed by atoms with Gasteiger partial charge in [0.05, 0.1) is 12.5 Å². The number of aliphatic hydroxyl groups excluding tert-OH is 1. The molecule has 0 bridgehead atoms. The summed E-state index contributed by atoms with van der Waals surface area (Å²) in [5.74, 6) is 0.408. The minimum Gasteiger partial charge on any atom is -0.392 e. The van der Waals surface area contributed by atoms with Gasteiger partial charge in [0.15, 0.2) is 0 Å². The van der Waals surface area contributed by atoms with E-state index in [9.17, 15) is 9.90 Å². The number of carbonyl (C=O) groups is 1. The molecule has 0 saturated heterocycles. The molecule has 2 atom stereocenters. The van der Waals surface area contributed by atoms with Gasteiger partial charge in [0, 0.05) is 18.8 Å². The molecule has 0 aliphatic carbocycles. The van der Waals surface area contributed by atoms with Crippen molar-refractivity contribution in [1.29, 1.82) is 0 Å². The molecule has 0 aliphatic rings. The summed E-state index contributed by atoms with van der Waals surface area (Å²) in [5, 5.41) is 9.65. The Bertz CT molecular complexity index is 343. The minimum atomic E-state index is -0.649. The molecular weight excluding hydrogens is 218 g/mol. The number of hydrogen-bond acceptors (Lipinski definition) is 4. The van der Waals surface area contributed by atoms with Gasteiger partial charge in [-0.15, -0.1) is 0 Å². The summed E-state index contributed by atoms with van der Waals surface area (Å²) in [6.45, 7) is 1.92. The van der Waals surface area contributed by atoms with Crippen LogP contribution in [0.25, 0.3) is 0 Å². The molecule has 5 nitrogen and oxygen atoms in total. The molecule has 5 heteroatoms. The molecule has 1 amide bonds. The summed E-state index contributed by atoms with van der Waals surface area (Å²) in [6.07, 6.45) is 5.32. The maximum absolute atomic E-state index is 10.7. The van der Waals surface area contributed by atoms with Gasteiger partial charge in [0.1, 0.15) is 5.82 Å². The number of nitrogens with zero attached hydrogens (tertiary/aromatic N) is 2. The van der Waals surface area contributed by atoms with Crippen LogP contribution in [0.5, 0.6) is 0 Å². The van der Waals surface area contributed by atoms with Crippen molar-refractivity contribution in [1.82, 2.24) is 9.97 Å². The zero-order valence-corrected chi connectivity index (χ0v) is 10.0. The SMILES string of the molecule is C[C@H](CCCc1ncccn1)[C@@H](O)CC(N)=O. The lowest BCUT2D eigenvalue weighted by atomic mass is 9.95. The van der Waals surface area contributed by atoms with Gasteiger partial charge in [0.2, 0.25) is 5.91 Å². The average molecular weight is 237 g/mol. The molecule has 17 heavy (non-hydrogen) atoms. The smallest absolute Gasteiger partial charge is 0.220 e. The Labute approximate surface area is 101 Å². The van der Waals surface area contributed by atoms with E-state index >= 15 is 0 Å². The van der Waals surface area contributed by atoms with Crippen LogP contribution >= 0.6 is 0 Å². The molecule has 1 aromatic rings. The van der Waals surface area contributed by atoms with E-state index in [1.54, 1.807) is 18.5 Å². The zero-order valence-electron chi connectivity index (χ0n) is 10.0. The molecular formula is C12H19N3O2. The Morgan fingerprint density at radius 2 is 2.12 bits per heavy atom. The molecule has 3 N–H and O–H groups in total. The number of aromatic nitrogens is 2. The molecule has 94 valence electrons. The van der Waals surface area contributed by atoms with E-state index in [0.717, 1.165) is 25.1 Å². The van der Waals surface area contributed by atoms with Gasteiger partial charge in [-0.05, 0) is 24.8 Å². The predicted molar refractivity (Wildman–Crippen MR) is 64.0 cm³/mol. The van der Waals surface area contributed by atoms with Gasteiger partial charge in [-0.3, -0.25) is 4.79 Å². The number of nitrogens with two attached hydrogens (primary N) is 1. The first kappa shape index (κ1) is 13.6. The van der Waals surface area contributed by atoms with Crippen molar-refractivity contribution >= 4 is 5.91 Å². The third-order valence-corrected chi connectivity index (χ3v) is 2.75. The monoisotopic (exact) mass is 237 g/mol. The molecule has 0 aromatic carbocycles. The number of carbonyl (C=O) groups excluding carboxylic acids is 1. The normalized spacial score (nSPS) is 14.2. The van der Waals surface area contributed by atoms with E-state index in [2.05, 4.69) is 9.97 Å². The Morgan fingerprint density at radius 3 is 2.71 bits per heavy atom. The van der Waals surface area contributed by atoms with Crippen molar-refractivity contribution in [3.8, 4) is 0 Å². The van der Waals surface area contributed by atoms with Gasteiger partial charge in [-0.1, -0.05) is 6.92 Å². The summed E-state index contributed by atoms with van der Waals surface area (Å²) in [6, 6.07) is 1.78. The molecule has 0 aliphatic heterocycles. The number of rotatable bonds is 7. The van der Waals surface area contributed by atoms with Crippen LogP contribution in [-0.4, -0.2) is 27.1 Å². The van der Waals surface area contributed by atoms with Gasteiger partial charge in [-0.2, -0.15) is 0 Å². The average Bonchev–Trinajstić information content (AvgIpc) is 2.29. The molecule has 0 radical (unpaired) electrons. The van der Waals surface area contributed by atoms with E-state index in [1.165, 1.54) is 0 Å². The van der Waals surface area contributed by atoms with Crippen LogP contribution in [0.4, 0.5) is 0 Å². The van der Waals surface area contributed by atoms with Gasteiger partial charge in [0.25, 0.3) is 0 Å². The Hall–Kier alpha value is -1.49. The van der Waals surface area contributed by atoms with Crippen LogP contribution in [0.3, 0.4) is 0 Å². The van der Waals surface area contributed by atoms with E-state index < -0.39 is 12.0 Å². The first-order valence-corrected chi connectivity index (χ1v) is 5.82. The highest BCUT2D eigenvalue weighted by Gasteiger charge is 2.16. The van der Waals surface area contributed by atoms with Crippen molar-refractivity contribution in [3.63, 3.8) is 0 Å². The largest absolute Gasteiger partial charge is 0.392 e. The highest BCUT2D eigenvalue weighted by atomic mass is 16.3. The molecule has 1 heterocycles. The lowest BCUT2D eigenvalue weighted by Crippen LogP contribution is -2.25. The summed E-state index contributed by atoms with van der Waals surface area (Å²) in [4.78, 5) is 18.9. The second kappa shape index (κ2) is 6.96. The summed E-state index contributed by atoms with van der Waals surface area (Å²) >= 11 is 0. The first-order valence-electron chi connectivity index (χ1n) is 5.82. The quantitative estimate of drug-likeness (QED) is 0.729. The summed E-state index contributed by atoms with van der Waals surface area (Å²) < 4.78 is 0. The Balaban J connectivity index is 2.24. The van der Waals surface area contributed by atoms with Crippen LogP contribution in [0.2, 0.25) is 0 Å². The van der Waals surface area contributed by atoms with E-state index in [4.69, 9.17) is 5.73 Å². The summed E-state index contributed by atoms with van der Waals surface area (Å²) in [7, 11) is 0. The maximum Gasteiger partial charge on any atom is 0.220 e. The van der Waals surface area contributed by atoms with Crippen molar-refractivity contribution in [2.24, 2.45) is 11.7 Å². The zero-order chi connectivity index (χ0) is 12.7. The number of primary amides is 1. The van der Waals surface area contributed by atoms with Crippen LogP contribution in [-0.2, 0) is 11.2 Å². The van der Waals surface area contributed by atoms with E-state index in [-0.39, 0.29) is 12.3 Å². The molecule has 0 unspecified atom stereocenters. The number of amides is 1. The fourth-order valence-corrected chi connectivity index (χ4v) is 1.64. The van der Waals surface area contributed by atoms with Crippen LogP contribution in [0, 0.1) is 5.92 Å². The molecule has 1 aromatic heterocycles. The summed E-state index contributed by atoms with van der Waals surface area (Å²) in [5.41, 5.74) is 5.03. The predicted octanol–water partition coefficient (Wildman–Crippen LogP) is 0.672. The molecule has 0 spiro atoms. The van der Waals surface area contributed by atoms with Crippen molar-refractivity contribution in [2.75, 3.05) is 0 Å². The number of aliphatic hydroxyl groups is 1. The lowest BCUT2D eigenvalue weighted by molar-refractivity contribution is -0.120. The fourth-order valence-electron chi connectivity index (χ4n) is 1.64. The topological polar surface area (TPSA) is 89.1 Å². The highest BCUT2D eigenvalue weighted by Crippen LogP contribution is 2.14. The second-order valence-corrected chi connectivity index (χ2v) is 4.27. The molecule has 0 fully saturated rings. The number of hydrogen-bond donors (Lipinski definition) is 2. The molecule has 0 saturated carbocycles.